The van der Waals surface area contributed by atoms with E-state index in [4.69, 9.17) is 16.3 Å². The van der Waals surface area contributed by atoms with Crippen molar-refractivity contribution in [3.63, 3.8) is 0 Å². The molecule has 0 radical (unpaired) electrons. The van der Waals surface area contributed by atoms with Crippen LogP contribution in [0.2, 0.25) is 5.02 Å². The normalized spacial score (nSPS) is 25.6. The van der Waals surface area contributed by atoms with Crippen molar-refractivity contribution >= 4 is 11.6 Å². The maximum absolute atomic E-state index is 9.43. The molecule has 0 aliphatic carbocycles. The van der Waals surface area contributed by atoms with Gasteiger partial charge < -0.3 is 15.2 Å². The molecule has 17 heavy (non-hydrogen) atoms. The van der Waals surface area contributed by atoms with Gasteiger partial charge in [-0.2, -0.15) is 0 Å². The van der Waals surface area contributed by atoms with Crippen LogP contribution in [0.25, 0.3) is 0 Å². The minimum atomic E-state index is -0.0500. The Hall–Kier alpha value is -0.610. The van der Waals surface area contributed by atoms with E-state index in [1.807, 2.05) is 25.1 Å². The predicted octanol–water partition coefficient (Wildman–Crippen LogP) is 1.92. The Balaban J connectivity index is 2.25. The van der Waals surface area contributed by atoms with Gasteiger partial charge in [0.1, 0.15) is 0 Å². The number of aliphatic hydroxyl groups is 1. The number of nitrogens with one attached hydrogen (secondary N) is 1. The Bertz CT molecular complexity index is 384. The minimum Gasteiger partial charge on any atom is -0.396 e. The summed E-state index contributed by atoms with van der Waals surface area (Å²) in [5.41, 5.74) is 2.14. The highest BCUT2D eigenvalue weighted by atomic mass is 35.5. The van der Waals surface area contributed by atoms with Gasteiger partial charge in [0.25, 0.3) is 0 Å². The number of hydrogen-bond donors (Lipinski definition) is 2. The monoisotopic (exact) mass is 255 g/mol. The molecule has 4 heteroatoms. The number of hydrogen-bond acceptors (Lipinski definition) is 3. The van der Waals surface area contributed by atoms with E-state index in [1.165, 1.54) is 0 Å². The van der Waals surface area contributed by atoms with E-state index in [9.17, 15) is 5.11 Å². The molecule has 2 atom stereocenters. The number of halogens is 1. The van der Waals surface area contributed by atoms with Crippen molar-refractivity contribution in [2.45, 2.75) is 13.0 Å². The van der Waals surface area contributed by atoms with Crippen LogP contribution in [0.3, 0.4) is 0 Å². The lowest BCUT2D eigenvalue weighted by Gasteiger charge is -2.23. The molecule has 0 aromatic heterocycles. The van der Waals surface area contributed by atoms with Crippen LogP contribution in [-0.4, -0.2) is 31.4 Å². The van der Waals surface area contributed by atoms with Crippen LogP contribution in [-0.2, 0) is 4.74 Å². The zero-order valence-corrected chi connectivity index (χ0v) is 10.7. The quantitative estimate of drug-likeness (QED) is 0.849. The highest BCUT2D eigenvalue weighted by molar-refractivity contribution is 6.31. The first-order valence-electron chi connectivity index (χ1n) is 5.91. The van der Waals surface area contributed by atoms with E-state index in [0.717, 1.165) is 29.2 Å². The Morgan fingerprint density at radius 2 is 2.35 bits per heavy atom. The average Bonchev–Trinajstić information content (AvgIpc) is 2.57. The molecule has 0 unspecified atom stereocenters. The van der Waals surface area contributed by atoms with Gasteiger partial charge in [-0.25, -0.2) is 0 Å². The molecule has 1 aliphatic rings. The third-order valence-corrected chi connectivity index (χ3v) is 3.58. The molecule has 0 amide bonds. The molecule has 94 valence electrons. The third kappa shape index (κ3) is 2.99. The summed E-state index contributed by atoms with van der Waals surface area (Å²) in [4.78, 5) is 0. The fraction of sp³-hybridized carbons (Fsp3) is 0.538. The molecule has 1 fully saturated rings. The van der Waals surface area contributed by atoms with Gasteiger partial charge in [0, 0.05) is 30.6 Å². The molecule has 0 bridgehead atoms. The average molecular weight is 256 g/mol. The van der Waals surface area contributed by atoms with Crippen LogP contribution >= 0.6 is 11.6 Å². The van der Waals surface area contributed by atoms with Gasteiger partial charge >= 0.3 is 0 Å². The fourth-order valence-electron chi connectivity index (χ4n) is 2.16. The largest absolute Gasteiger partial charge is 0.396 e. The van der Waals surface area contributed by atoms with Crippen LogP contribution < -0.4 is 5.32 Å². The van der Waals surface area contributed by atoms with Gasteiger partial charge in [0.15, 0.2) is 0 Å². The van der Waals surface area contributed by atoms with Crippen LogP contribution in [0.15, 0.2) is 18.2 Å². The molecule has 3 nitrogen and oxygen atoms in total. The molecular weight excluding hydrogens is 238 g/mol. The number of aliphatic hydroxyl groups excluding tert-OH is 1. The molecule has 2 rings (SSSR count). The van der Waals surface area contributed by atoms with Crippen molar-refractivity contribution in [2.75, 3.05) is 26.3 Å². The lowest BCUT2D eigenvalue weighted by atomic mass is 9.95. The number of ether oxygens (including phenoxy) is 1. The second-order valence-corrected chi connectivity index (χ2v) is 4.85. The highest BCUT2D eigenvalue weighted by Gasteiger charge is 2.25. The van der Waals surface area contributed by atoms with E-state index in [0.29, 0.717) is 6.61 Å². The van der Waals surface area contributed by atoms with Gasteiger partial charge in [0.05, 0.1) is 12.7 Å². The third-order valence-electron chi connectivity index (χ3n) is 3.16. The van der Waals surface area contributed by atoms with Crippen LogP contribution in [0, 0.1) is 12.8 Å². The van der Waals surface area contributed by atoms with Gasteiger partial charge in [0.2, 0.25) is 0 Å². The summed E-state index contributed by atoms with van der Waals surface area (Å²) < 4.78 is 5.82. The summed E-state index contributed by atoms with van der Waals surface area (Å²) in [6.45, 7) is 4.39. The maximum atomic E-state index is 9.43. The fourth-order valence-corrected chi connectivity index (χ4v) is 2.28. The Kier molecular flexibility index (Phi) is 4.40. The predicted molar refractivity (Wildman–Crippen MR) is 68.3 cm³/mol. The maximum Gasteiger partial charge on any atom is 0.0887 e. The van der Waals surface area contributed by atoms with Crippen LogP contribution in [0.5, 0.6) is 0 Å². The Morgan fingerprint density at radius 1 is 1.53 bits per heavy atom. The molecule has 1 aromatic carbocycles. The summed E-state index contributed by atoms with van der Waals surface area (Å²) in [5.74, 6) is 0.0954. The summed E-state index contributed by atoms with van der Waals surface area (Å²) >= 11 is 6.02. The highest BCUT2D eigenvalue weighted by Crippen LogP contribution is 2.29. The van der Waals surface area contributed by atoms with Gasteiger partial charge in [-0.1, -0.05) is 23.7 Å². The SMILES string of the molecule is Cc1cc([C@H]2OCCNC[C@@H]2CO)ccc1Cl. The summed E-state index contributed by atoms with van der Waals surface area (Å²) in [5, 5.41) is 13.5. The van der Waals surface area contributed by atoms with Crippen molar-refractivity contribution in [2.24, 2.45) is 5.92 Å². The minimum absolute atomic E-state index is 0.0500. The summed E-state index contributed by atoms with van der Waals surface area (Å²) in [6.07, 6.45) is -0.0500. The number of rotatable bonds is 2. The second kappa shape index (κ2) is 5.83. The van der Waals surface area contributed by atoms with Crippen molar-refractivity contribution in [3.8, 4) is 0 Å². The van der Waals surface area contributed by atoms with E-state index >= 15 is 0 Å². The van der Waals surface area contributed by atoms with Crippen molar-refractivity contribution in [1.82, 2.24) is 5.32 Å². The molecule has 0 spiro atoms. The smallest absolute Gasteiger partial charge is 0.0887 e. The lowest BCUT2D eigenvalue weighted by molar-refractivity contribution is 0.0115. The Morgan fingerprint density at radius 3 is 3.06 bits per heavy atom. The zero-order chi connectivity index (χ0) is 12.3. The standard InChI is InChI=1S/C13H18ClNO2/c1-9-6-10(2-3-12(9)14)13-11(8-16)7-15-4-5-17-13/h2-3,6,11,13,15-16H,4-5,7-8H2,1H3/t11-,13-/m1/s1. The van der Waals surface area contributed by atoms with E-state index in [2.05, 4.69) is 5.32 Å². The molecule has 0 saturated carbocycles. The van der Waals surface area contributed by atoms with Crippen LogP contribution in [0.4, 0.5) is 0 Å². The van der Waals surface area contributed by atoms with Gasteiger partial charge in [-0.15, -0.1) is 0 Å². The molecular formula is C13H18ClNO2. The van der Waals surface area contributed by atoms with Crippen molar-refractivity contribution in [1.29, 1.82) is 0 Å². The van der Waals surface area contributed by atoms with E-state index < -0.39 is 0 Å². The number of benzene rings is 1. The first kappa shape index (κ1) is 12.8. The number of aryl methyl sites for hydroxylation is 1. The first-order valence-corrected chi connectivity index (χ1v) is 6.29. The Labute approximate surface area is 107 Å². The summed E-state index contributed by atoms with van der Waals surface area (Å²) in [6, 6.07) is 5.91. The molecule has 1 saturated heterocycles. The van der Waals surface area contributed by atoms with E-state index in [1.54, 1.807) is 0 Å². The second-order valence-electron chi connectivity index (χ2n) is 4.45. The first-order chi connectivity index (χ1) is 8.22. The lowest BCUT2D eigenvalue weighted by Crippen LogP contribution is -2.27. The van der Waals surface area contributed by atoms with E-state index in [-0.39, 0.29) is 18.6 Å². The molecule has 1 heterocycles. The summed E-state index contributed by atoms with van der Waals surface area (Å²) in [7, 11) is 0. The topological polar surface area (TPSA) is 41.5 Å². The van der Waals surface area contributed by atoms with Gasteiger partial charge in [-0.05, 0) is 24.1 Å². The van der Waals surface area contributed by atoms with Gasteiger partial charge in [-0.3, -0.25) is 0 Å². The van der Waals surface area contributed by atoms with Crippen molar-refractivity contribution < 1.29 is 9.84 Å². The molecule has 1 aliphatic heterocycles. The van der Waals surface area contributed by atoms with Crippen molar-refractivity contribution in [3.05, 3.63) is 34.3 Å². The molecule has 1 aromatic rings. The zero-order valence-electron chi connectivity index (χ0n) is 9.95. The van der Waals surface area contributed by atoms with Crippen LogP contribution in [0.1, 0.15) is 17.2 Å². The molecule has 2 N–H and O–H groups in total.